The molecule has 0 saturated heterocycles. The van der Waals surface area contributed by atoms with Crippen LogP contribution in [0.1, 0.15) is 44.4 Å². The fraction of sp³-hybridized carbons (Fsp3) is 0.208. The first-order valence-corrected chi connectivity index (χ1v) is 11.0. The van der Waals surface area contributed by atoms with Gasteiger partial charge in [0.15, 0.2) is 11.4 Å². The van der Waals surface area contributed by atoms with Crippen LogP contribution >= 0.6 is 11.6 Å². The number of carbonyl (C=O) groups is 2. The van der Waals surface area contributed by atoms with Crippen molar-refractivity contribution in [3.8, 4) is 5.75 Å². The van der Waals surface area contributed by atoms with Gasteiger partial charge >= 0.3 is 0 Å². The van der Waals surface area contributed by atoms with Crippen molar-refractivity contribution in [3.63, 3.8) is 0 Å². The number of hydrogen-bond donors (Lipinski definition) is 2. The number of nitrogens with zero attached hydrogens (tertiary/aromatic N) is 2. The molecule has 3 aromatic rings. The molecular formula is C24H17ClF3N3O4. The van der Waals surface area contributed by atoms with Crippen molar-refractivity contribution in [2.45, 2.75) is 25.4 Å². The van der Waals surface area contributed by atoms with E-state index in [9.17, 15) is 32.7 Å². The van der Waals surface area contributed by atoms with Crippen molar-refractivity contribution in [3.05, 3.63) is 91.6 Å². The summed E-state index contributed by atoms with van der Waals surface area (Å²) in [4.78, 5) is 40.3. The maximum Gasteiger partial charge on any atom is 0.279 e. The maximum atomic E-state index is 13.9. The summed E-state index contributed by atoms with van der Waals surface area (Å²) in [7, 11) is 0. The summed E-state index contributed by atoms with van der Waals surface area (Å²) in [6, 6.07) is 5.72. The van der Waals surface area contributed by atoms with Crippen molar-refractivity contribution in [1.29, 1.82) is 0 Å². The molecule has 3 heterocycles. The molecule has 2 N–H and O–H groups in total. The highest BCUT2D eigenvalue weighted by Crippen LogP contribution is 2.39. The van der Waals surface area contributed by atoms with Gasteiger partial charge in [0.25, 0.3) is 11.8 Å². The molecule has 2 amide bonds. The number of pyridine rings is 1. The Morgan fingerprint density at radius 3 is 2.60 bits per heavy atom. The number of aromatic hydroxyl groups is 1. The summed E-state index contributed by atoms with van der Waals surface area (Å²) >= 11 is 6.33. The van der Waals surface area contributed by atoms with Crippen molar-refractivity contribution in [2.75, 3.05) is 11.4 Å². The Bertz CT molecular complexity index is 1450. The van der Waals surface area contributed by atoms with Gasteiger partial charge in [-0.15, -0.1) is 0 Å². The molecule has 7 nitrogen and oxygen atoms in total. The summed E-state index contributed by atoms with van der Waals surface area (Å²) < 4.78 is 42.3. The van der Waals surface area contributed by atoms with Gasteiger partial charge in [0.05, 0.1) is 6.04 Å². The third-order valence-corrected chi connectivity index (χ3v) is 6.69. The molecule has 1 aromatic heterocycles. The van der Waals surface area contributed by atoms with Crippen LogP contribution in [0, 0.1) is 17.5 Å². The summed E-state index contributed by atoms with van der Waals surface area (Å²) in [6.07, 6.45) is 2.19. The highest BCUT2D eigenvalue weighted by molar-refractivity contribution is 6.32. The number of nitrogens with one attached hydrogen (secondary N) is 1. The minimum absolute atomic E-state index is 0.231. The van der Waals surface area contributed by atoms with Gasteiger partial charge in [-0.2, -0.15) is 0 Å². The zero-order chi connectivity index (χ0) is 25.0. The minimum Gasteiger partial charge on any atom is -0.503 e. The largest absolute Gasteiger partial charge is 0.503 e. The van der Waals surface area contributed by atoms with Crippen LogP contribution in [0.3, 0.4) is 0 Å². The van der Waals surface area contributed by atoms with E-state index in [1.54, 1.807) is 18.2 Å². The molecule has 0 radical (unpaired) electrons. The Balaban J connectivity index is 1.51. The van der Waals surface area contributed by atoms with Crippen LogP contribution in [0.2, 0.25) is 5.02 Å². The molecule has 1 atom stereocenters. The lowest BCUT2D eigenvalue weighted by Gasteiger charge is -2.35. The number of amides is 2. The summed E-state index contributed by atoms with van der Waals surface area (Å²) in [5.74, 6) is -6.05. The number of rotatable bonds is 3. The summed E-state index contributed by atoms with van der Waals surface area (Å²) in [5.41, 5.74) is -1.10. The van der Waals surface area contributed by atoms with Gasteiger partial charge in [0.1, 0.15) is 23.0 Å². The molecule has 2 aliphatic heterocycles. The van der Waals surface area contributed by atoms with Crippen LogP contribution in [-0.2, 0) is 13.0 Å². The Morgan fingerprint density at radius 1 is 1.17 bits per heavy atom. The molecule has 35 heavy (non-hydrogen) atoms. The average Bonchev–Trinajstić information content (AvgIpc) is 2.98. The van der Waals surface area contributed by atoms with E-state index in [0.717, 1.165) is 5.56 Å². The lowest BCUT2D eigenvalue weighted by molar-refractivity contribution is 0.0929. The summed E-state index contributed by atoms with van der Waals surface area (Å²) in [5, 5.41) is 13.4. The zero-order valence-electron chi connectivity index (χ0n) is 17.9. The molecule has 0 aliphatic carbocycles. The quantitative estimate of drug-likeness (QED) is 0.570. The van der Waals surface area contributed by atoms with Gasteiger partial charge < -0.3 is 19.9 Å². The topological polar surface area (TPSA) is 91.6 Å². The number of anilines is 1. The number of aromatic nitrogens is 1. The molecule has 0 spiro atoms. The first kappa shape index (κ1) is 23.0. The second-order valence-corrected chi connectivity index (χ2v) is 8.76. The van der Waals surface area contributed by atoms with E-state index in [2.05, 4.69) is 5.32 Å². The summed E-state index contributed by atoms with van der Waals surface area (Å²) in [6.45, 7) is -0.433. The Kier molecular flexibility index (Phi) is 5.55. The lowest BCUT2D eigenvalue weighted by Crippen LogP contribution is -2.44. The molecule has 2 bridgehead atoms. The Morgan fingerprint density at radius 2 is 1.89 bits per heavy atom. The van der Waals surface area contributed by atoms with Crippen LogP contribution in [0.4, 0.5) is 18.9 Å². The smallest absolute Gasteiger partial charge is 0.279 e. The number of fused-ring (bicyclic) bond motifs is 6. The SMILES string of the molecule is O=C(NCc1c(F)cc(F)cc1F)c1cn2c(c(O)c1=O)C(=O)N1C[C@H]2CCc2c(Cl)cccc21. The third kappa shape index (κ3) is 3.74. The fourth-order valence-electron chi connectivity index (χ4n) is 4.59. The molecule has 0 saturated carbocycles. The van der Waals surface area contributed by atoms with Crippen LogP contribution in [0.15, 0.2) is 41.3 Å². The Labute approximate surface area is 201 Å². The number of halogens is 4. The second-order valence-electron chi connectivity index (χ2n) is 8.35. The van der Waals surface area contributed by atoms with Crippen molar-refractivity contribution in [1.82, 2.24) is 9.88 Å². The molecular weight excluding hydrogens is 487 g/mol. The van der Waals surface area contributed by atoms with Crippen molar-refractivity contribution in [2.24, 2.45) is 0 Å². The van der Waals surface area contributed by atoms with Crippen molar-refractivity contribution >= 4 is 29.1 Å². The van der Waals surface area contributed by atoms with Crippen LogP contribution in [-0.4, -0.2) is 28.0 Å². The van der Waals surface area contributed by atoms with Gasteiger partial charge in [0, 0.05) is 47.7 Å². The number of hydrogen-bond acceptors (Lipinski definition) is 4. The molecule has 11 heteroatoms. The zero-order valence-corrected chi connectivity index (χ0v) is 18.7. The van der Waals surface area contributed by atoms with E-state index in [1.807, 2.05) is 0 Å². The highest BCUT2D eigenvalue weighted by atomic mass is 35.5. The maximum absolute atomic E-state index is 13.9. The van der Waals surface area contributed by atoms with Gasteiger partial charge in [0.2, 0.25) is 5.43 Å². The first-order valence-electron chi connectivity index (χ1n) is 10.7. The molecule has 0 fully saturated rings. The first-order chi connectivity index (χ1) is 16.7. The third-order valence-electron chi connectivity index (χ3n) is 6.33. The van der Waals surface area contributed by atoms with E-state index in [0.29, 0.717) is 35.7 Å². The number of carbonyl (C=O) groups excluding carboxylic acids is 2. The van der Waals surface area contributed by atoms with Gasteiger partial charge in [-0.25, -0.2) is 13.2 Å². The van der Waals surface area contributed by atoms with E-state index in [4.69, 9.17) is 11.6 Å². The average molecular weight is 504 g/mol. The van der Waals surface area contributed by atoms with Crippen LogP contribution < -0.4 is 15.6 Å². The standard InChI is InChI=1S/C24H17ClF3N3O4/c25-16-2-1-3-19-13(16)5-4-12-9-31(19)24(35)20-22(33)21(32)15(10-30(12)20)23(34)29-8-14-17(27)6-11(26)7-18(14)28/h1-3,6-7,10,12,33H,4-5,8-9H2,(H,29,34)/t12-/m1/s1. The van der Waals surface area contributed by atoms with Crippen molar-refractivity contribution < 1.29 is 27.9 Å². The lowest BCUT2D eigenvalue weighted by atomic mass is 10.0. The van der Waals surface area contributed by atoms with E-state index in [-0.39, 0.29) is 18.3 Å². The molecule has 2 aromatic carbocycles. The second kappa shape index (κ2) is 8.46. The fourth-order valence-corrected chi connectivity index (χ4v) is 4.86. The van der Waals surface area contributed by atoms with Gasteiger partial charge in [-0.3, -0.25) is 14.4 Å². The normalized spacial score (nSPS) is 16.4. The predicted octanol–water partition coefficient (Wildman–Crippen LogP) is 3.70. The predicted molar refractivity (Wildman–Crippen MR) is 120 cm³/mol. The molecule has 0 unspecified atom stereocenters. The van der Waals surface area contributed by atoms with E-state index < -0.39 is 58.1 Å². The number of benzene rings is 2. The van der Waals surface area contributed by atoms with Gasteiger partial charge in [-0.05, 0) is 30.5 Å². The van der Waals surface area contributed by atoms with Crippen LogP contribution in [0.25, 0.3) is 0 Å². The molecule has 5 rings (SSSR count). The minimum atomic E-state index is -1.20. The molecule has 180 valence electrons. The molecule has 2 aliphatic rings. The van der Waals surface area contributed by atoms with E-state index in [1.165, 1.54) is 15.7 Å². The van der Waals surface area contributed by atoms with Gasteiger partial charge in [-0.1, -0.05) is 17.7 Å². The highest BCUT2D eigenvalue weighted by Gasteiger charge is 2.38. The van der Waals surface area contributed by atoms with Crippen LogP contribution in [0.5, 0.6) is 5.75 Å². The Hall–Kier alpha value is -3.79. The monoisotopic (exact) mass is 503 g/mol. The van der Waals surface area contributed by atoms with E-state index >= 15 is 0 Å².